The highest BCUT2D eigenvalue weighted by molar-refractivity contribution is 5.76. The number of nitrogens with two attached hydrogens (primary N) is 1. The first-order valence-electron chi connectivity index (χ1n) is 5.96. The van der Waals surface area contributed by atoms with Gasteiger partial charge in [0.25, 0.3) is 0 Å². The first-order chi connectivity index (χ1) is 8.13. The Hall–Kier alpha value is -1.39. The predicted octanol–water partition coefficient (Wildman–Crippen LogP) is 1.49. The molecule has 0 fully saturated rings. The van der Waals surface area contributed by atoms with Crippen molar-refractivity contribution in [2.45, 2.75) is 19.4 Å². The van der Waals surface area contributed by atoms with Gasteiger partial charge >= 0.3 is 0 Å². The normalized spacial score (nSPS) is 13.2. The van der Waals surface area contributed by atoms with Gasteiger partial charge in [0.05, 0.1) is 11.0 Å². The highest BCUT2D eigenvalue weighted by Gasteiger charge is 2.09. The lowest BCUT2D eigenvalue weighted by molar-refractivity contribution is 0.616. The topological polar surface area (TPSA) is 55.9 Å². The van der Waals surface area contributed by atoms with Crippen molar-refractivity contribution >= 4 is 11.0 Å². The summed E-state index contributed by atoms with van der Waals surface area (Å²) >= 11 is 0. The highest BCUT2D eigenvalue weighted by atomic mass is 15.0. The van der Waals surface area contributed by atoms with Gasteiger partial charge in [-0.25, -0.2) is 4.98 Å². The van der Waals surface area contributed by atoms with Crippen molar-refractivity contribution in [3.05, 3.63) is 29.6 Å². The van der Waals surface area contributed by atoms with Crippen LogP contribution in [-0.2, 0) is 7.05 Å². The number of fused-ring (bicyclic) bond motifs is 1. The lowest BCUT2D eigenvalue weighted by Crippen LogP contribution is -2.17. The molecule has 2 rings (SSSR count). The molecule has 0 amide bonds. The van der Waals surface area contributed by atoms with Crippen LogP contribution in [0.4, 0.5) is 0 Å². The molecular formula is C13H20N4. The van der Waals surface area contributed by atoms with E-state index in [0.717, 1.165) is 35.4 Å². The molecule has 0 spiro atoms. The summed E-state index contributed by atoms with van der Waals surface area (Å²) in [5, 5.41) is 3.12. The number of hydrogen-bond acceptors (Lipinski definition) is 3. The summed E-state index contributed by atoms with van der Waals surface area (Å²) in [7, 11) is 3.98. The maximum atomic E-state index is 6.14. The van der Waals surface area contributed by atoms with Crippen molar-refractivity contribution in [2.24, 2.45) is 12.8 Å². The molecule has 4 heteroatoms. The molecule has 1 aromatic carbocycles. The smallest absolute Gasteiger partial charge is 0.106 e. The number of imidazole rings is 1. The zero-order valence-corrected chi connectivity index (χ0v) is 10.7. The molecule has 0 saturated carbocycles. The SMILES string of the molecule is CNCCC(N)c1ccc2c(c1)nc(C)n2C. The van der Waals surface area contributed by atoms with E-state index in [1.54, 1.807) is 0 Å². The van der Waals surface area contributed by atoms with Crippen molar-refractivity contribution < 1.29 is 0 Å². The first kappa shape index (κ1) is 12.1. The molecule has 4 nitrogen and oxygen atoms in total. The molecule has 1 unspecified atom stereocenters. The quantitative estimate of drug-likeness (QED) is 0.839. The fourth-order valence-electron chi connectivity index (χ4n) is 2.03. The summed E-state index contributed by atoms with van der Waals surface area (Å²) in [4.78, 5) is 4.53. The Morgan fingerprint density at radius 2 is 2.24 bits per heavy atom. The predicted molar refractivity (Wildman–Crippen MR) is 70.9 cm³/mol. The molecule has 2 aromatic rings. The van der Waals surface area contributed by atoms with E-state index >= 15 is 0 Å². The van der Waals surface area contributed by atoms with Gasteiger partial charge in [-0.15, -0.1) is 0 Å². The van der Waals surface area contributed by atoms with Crippen LogP contribution in [0.5, 0.6) is 0 Å². The standard InChI is InChI=1S/C13H20N4/c1-9-16-12-8-10(11(14)6-7-15-2)4-5-13(12)17(9)3/h4-5,8,11,15H,6-7,14H2,1-3H3. The van der Waals surface area contributed by atoms with Gasteiger partial charge in [0.1, 0.15) is 5.82 Å². The molecule has 1 aromatic heterocycles. The lowest BCUT2D eigenvalue weighted by Gasteiger charge is -2.11. The summed E-state index contributed by atoms with van der Waals surface area (Å²) in [6.07, 6.45) is 0.938. The Morgan fingerprint density at radius 3 is 2.94 bits per heavy atom. The number of benzene rings is 1. The number of nitrogens with one attached hydrogen (secondary N) is 1. The van der Waals surface area contributed by atoms with Gasteiger partial charge in [0.2, 0.25) is 0 Å². The van der Waals surface area contributed by atoms with Crippen molar-refractivity contribution in [1.82, 2.24) is 14.9 Å². The van der Waals surface area contributed by atoms with Gasteiger partial charge in [0, 0.05) is 13.1 Å². The van der Waals surface area contributed by atoms with Crippen molar-refractivity contribution in [3.63, 3.8) is 0 Å². The average molecular weight is 232 g/mol. The molecule has 92 valence electrons. The third kappa shape index (κ3) is 2.33. The Balaban J connectivity index is 2.31. The highest BCUT2D eigenvalue weighted by Crippen LogP contribution is 2.20. The minimum absolute atomic E-state index is 0.0779. The van der Waals surface area contributed by atoms with E-state index in [0.29, 0.717) is 0 Å². The van der Waals surface area contributed by atoms with Crippen molar-refractivity contribution in [2.75, 3.05) is 13.6 Å². The van der Waals surface area contributed by atoms with Crippen LogP contribution >= 0.6 is 0 Å². The molecule has 0 aliphatic carbocycles. The van der Waals surface area contributed by atoms with Crippen LogP contribution in [-0.4, -0.2) is 23.1 Å². The number of aromatic nitrogens is 2. The van der Waals surface area contributed by atoms with Gasteiger partial charge in [-0.3, -0.25) is 0 Å². The third-order valence-corrected chi connectivity index (χ3v) is 3.26. The maximum Gasteiger partial charge on any atom is 0.106 e. The second kappa shape index (κ2) is 4.85. The van der Waals surface area contributed by atoms with Crippen LogP contribution in [0, 0.1) is 6.92 Å². The lowest BCUT2D eigenvalue weighted by atomic mass is 10.0. The van der Waals surface area contributed by atoms with E-state index < -0.39 is 0 Å². The van der Waals surface area contributed by atoms with Gasteiger partial charge in [-0.2, -0.15) is 0 Å². The largest absolute Gasteiger partial charge is 0.331 e. The summed E-state index contributed by atoms with van der Waals surface area (Å²) in [6, 6.07) is 6.38. The number of nitrogens with zero attached hydrogens (tertiary/aromatic N) is 2. The Labute approximate surface area is 102 Å². The minimum Gasteiger partial charge on any atom is -0.331 e. The van der Waals surface area contributed by atoms with Crippen molar-refractivity contribution in [1.29, 1.82) is 0 Å². The number of hydrogen-bond donors (Lipinski definition) is 2. The molecule has 1 atom stereocenters. The van der Waals surface area contributed by atoms with Crippen LogP contribution in [0.2, 0.25) is 0 Å². The van der Waals surface area contributed by atoms with E-state index in [1.165, 1.54) is 0 Å². The van der Waals surface area contributed by atoms with E-state index in [-0.39, 0.29) is 6.04 Å². The molecule has 0 aliphatic rings. The van der Waals surface area contributed by atoms with Crippen molar-refractivity contribution in [3.8, 4) is 0 Å². The first-order valence-corrected chi connectivity index (χ1v) is 5.96. The Kier molecular flexibility index (Phi) is 3.45. The van der Waals surface area contributed by atoms with Crippen LogP contribution in [0.25, 0.3) is 11.0 Å². The monoisotopic (exact) mass is 232 g/mol. The summed E-state index contributed by atoms with van der Waals surface area (Å²) in [5.41, 5.74) is 9.49. The van der Waals surface area contributed by atoms with E-state index in [4.69, 9.17) is 5.73 Å². The van der Waals surface area contributed by atoms with Crippen LogP contribution in [0.3, 0.4) is 0 Å². The minimum atomic E-state index is 0.0779. The summed E-state index contributed by atoms with van der Waals surface area (Å²) in [5.74, 6) is 1.03. The number of aryl methyl sites for hydroxylation is 2. The fraction of sp³-hybridized carbons (Fsp3) is 0.462. The zero-order chi connectivity index (χ0) is 12.4. The van der Waals surface area contributed by atoms with Crippen LogP contribution in [0.1, 0.15) is 23.9 Å². The van der Waals surface area contributed by atoms with Gasteiger partial charge < -0.3 is 15.6 Å². The summed E-state index contributed by atoms with van der Waals surface area (Å²) in [6.45, 7) is 2.95. The van der Waals surface area contributed by atoms with Gasteiger partial charge in [0.15, 0.2) is 0 Å². The third-order valence-electron chi connectivity index (χ3n) is 3.26. The average Bonchev–Trinajstić information content (AvgIpc) is 2.61. The fourth-order valence-corrected chi connectivity index (χ4v) is 2.03. The molecular weight excluding hydrogens is 212 g/mol. The van der Waals surface area contributed by atoms with Crippen LogP contribution in [0.15, 0.2) is 18.2 Å². The second-order valence-corrected chi connectivity index (χ2v) is 4.46. The maximum absolute atomic E-state index is 6.14. The van der Waals surface area contributed by atoms with Gasteiger partial charge in [-0.1, -0.05) is 6.07 Å². The molecule has 1 heterocycles. The molecule has 3 N–H and O–H groups in total. The Morgan fingerprint density at radius 1 is 1.47 bits per heavy atom. The van der Waals surface area contributed by atoms with E-state index in [2.05, 4.69) is 33.1 Å². The molecule has 0 radical (unpaired) electrons. The molecule has 0 aliphatic heterocycles. The Bertz CT molecular complexity index is 515. The molecule has 17 heavy (non-hydrogen) atoms. The summed E-state index contributed by atoms with van der Waals surface area (Å²) < 4.78 is 2.10. The van der Waals surface area contributed by atoms with Crippen LogP contribution < -0.4 is 11.1 Å². The molecule has 0 bridgehead atoms. The zero-order valence-electron chi connectivity index (χ0n) is 10.7. The van der Waals surface area contributed by atoms with E-state index in [1.807, 2.05) is 21.0 Å². The second-order valence-electron chi connectivity index (χ2n) is 4.46. The van der Waals surface area contributed by atoms with E-state index in [9.17, 15) is 0 Å². The number of rotatable bonds is 4. The molecule has 0 saturated heterocycles. The van der Waals surface area contributed by atoms with Gasteiger partial charge in [-0.05, 0) is 44.6 Å².